The van der Waals surface area contributed by atoms with Crippen LogP contribution in [0, 0.1) is 17.7 Å². The highest BCUT2D eigenvalue weighted by atomic mass is 35.5. The van der Waals surface area contributed by atoms with E-state index in [1.807, 2.05) is 0 Å². The molecule has 31 heavy (non-hydrogen) atoms. The summed E-state index contributed by atoms with van der Waals surface area (Å²) in [4.78, 5) is 12.5. The Kier molecular flexibility index (Phi) is 5.52. The van der Waals surface area contributed by atoms with Crippen LogP contribution in [-0.4, -0.2) is 35.4 Å². The van der Waals surface area contributed by atoms with E-state index in [9.17, 15) is 27.8 Å². The van der Waals surface area contributed by atoms with Crippen LogP contribution in [0.1, 0.15) is 43.0 Å². The molecule has 0 aliphatic heterocycles. The van der Waals surface area contributed by atoms with Crippen LogP contribution in [0.4, 0.5) is 10.1 Å². The Morgan fingerprint density at radius 1 is 1.16 bits per heavy atom. The van der Waals surface area contributed by atoms with Gasteiger partial charge in [-0.25, -0.2) is 12.8 Å². The minimum Gasteiger partial charge on any atom is -0.505 e. The number of phenolic OH excluding ortho intramolecular Hbond substituents is 1. The molecule has 3 N–H and O–H groups in total. The van der Waals surface area contributed by atoms with Crippen molar-refractivity contribution in [1.29, 1.82) is 0 Å². The van der Waals surface area contributed by atoms with Crippen LogP contribution in [0.2, 0.25) is 5.02 Å². The van der Waals surface area contributed by atoms with Crippen molar-refractivity contribution < 1.29 is 27.8 Å². The van der Waals surface area contributed by atoms with Crippen LogP contribution in [0.15, 0.2) is 41.3 Å². The lowest BCUT2D eigenvalue weighted by molar-refractivity contribution is -0.0413. The van der Waals surface area contributed by atoms with E-state index in [0.29, 0.717) is 12.8 Å². The highest BCUT2D eigenvalue weighted by molar-refractivity contribution is 7.92. The third-order valence-corrected chi connectivity index (χ3v) is 9.41. The smallest absolute Gasteiger partial charge is 0.255 e. The quantitative estimate of drug-likeness (QED) is 0.626. The highest BCUT2D eigenvalue weighted by Crippen LogP contribution is 2.51. The molecule has 6 nitrogen and oxygen atoms in total. The molecule has 2 bridgehead atoms. The van der Waals surface area contributed by atoms with Gasteiger partial charge in [-0.2, -0.15) is 0 Å². The second-order valence-corrected chi connectivity index (χ2v) is 11.2. The average Bonchev–Trinajstić information content (AvgIpc) is 2.87. The van der Waals surface area contributed by atoms with Crippen molar-refractivity contribution in [1.82, 2.24) is 0 Å². The Morgan fingerprint density at radius 2 is 1.81 bits per heavy atom. The number of anilines is 1. The van der Waals surface area contributed by atoms with Gasteiger partial charge in [0.1, 0.15) is 0 Å². The number of aromatic hydroxyl groups is 1. The topological polar surface area (TPSA) is 104 Å². The van der Waals surface area contributed by atoms with Gasteiger partial charge in [-0.05, 0) is 74.8 Å². The van der Waals surface area contributed by atoms with E-state index in [4.69, 9.17) is 11.6 Å². The molecule has 4 rings (SSSR count). The standard InChI is InChI=1S/C22H23ClFNO5S/c1-22(28)13-3-4-14(22)10-16(9-13)31(29,30)20-8-12(2-6-17(20)23)21(27)25-15-5-7-18(24)19(26)11-15/h2,5-8,11,13-14,16,26,28H,3-4,9-10H2,1H3,(H,25,27)/t13-,14?,16-,22+/m1/s1. The van der Waals surface area contributed by atoms with Gasteiger partial charge >= 0.3 is 0 Å². The number of sulfone groups is 1. The summed E-state index contributed by atoms with van der Waals surface area (Å²) in [6.07, 6.45) is 2.30. The first-order valence-corrected chi connectivity index (χ1v) is 12.0. The monoisotopic (exact) mass is 467 g/mol. The fourth-order valence-electron chi connectivity index (χ4n) is 4.85. The van der Waals surface area contributed by atoms with E-state index in [1.54, 1.807) is 6.92 Å². The number of nitrogens with one attached hydrogen (secondary N) is 1. The van der Waals surface area contributed by atoms with Gasteiger partial charge in [-0.1, -0.05) is 11.6 Å². The van der Waals surface area contributed by atoms with Crippen LogP contribution in [0.25, 0.3) is 0 Å². The summed E-state index contributed by atoms with van der Waals surface area (Å²) >= 11 is 6.21. The predicted molar refractivity (Wildman–Crippen MR) is 115 cm³/mol. The molecule has 166 valence electrons. The number of hydrogen-bond acceptors (Lipinski definition) is 5. The first kappa shape index (κ1) is 22.0. The Balaban J connectivity index is 1.60. The Labute approximate surface area is 185 Å². The maximum Gasteiger partial charge on any atom is 0.255 e. The number of phenols is 1. The maximum absolute atomic E-state index is 13.4. The molecule has 4 atom stereocenters. The Hall–Kier alpha value is -2.16. The molecule has 1 unspecified atom stereocenters. The Bertz CT molecular complexity index is 1130. The van der Waals surface area contributed by atoms with E-state index >= 15 is 0 Å². The van der Waals surface area contributed by atoms with Crippen molar-refractivity contribution in [3.05, 3.63) is 52.8 Å². The zero-order valence-corrected chi connectivity index (χ0v) is 18.4. The van der Waals surface area contributed by atoms with Gasteiger partial charge < -0.3 is 15.5 Å². The summed E-state index contributed by atoms with van der Waals surface area (Å²) in [5.74, 6) is -2.21. The van der Waals surface area contributed by atoms with Crippen molar-refractivity contribution in [2.24, 2.45) is 11.8 Å². The molecule has 0 spiro atoms. The molecule has 2 aliphatic carbocycles. The normalized spacial score (nSPS) is 27.8. The number of halogens is 2. The second-order valence-electron chi connectivity index (χ2n) is 8.60. The third kappa shape index (κ3) is 3.92. The summed E-state index contributed by atoms with van der Waals surface area (Å²) < 4.78 is 40.0. The fraction of sp³-hybridized carbons (Fsp3) is 0.409. The summed E-state index contributed by atoms with van der Waals surface area (Å²) in [5.41, 5.74) is -0.620. The minimum absolute atomic E-state index is 0.0284. The molecule has 2 aliphatic rings. The van der Waals surface area contributed by atoms with Gasteiger partial charge in [0.2, 0.25) is 0 Å². The molecule has 1 amide bonds. The molecule has 2 fully saturated rings. The molecule has 2 aromatic carbocycles. The van der Waals surface area contributed by atoms with Crippen LogP contribution >= 0.6 is 11.6 Å². The van der Waals surface area contributed by atoms with Gasteiger partial charge in [-0.15, -0.1) is 0 Å². The summed E-state index contributed by atoms with van der Waals surface area (Å²) in [6, 6.07) is 7.35. The zero-order valence-electron chi connectivity index (χ0n) is 16.8. The fourth-order valence-corrected chi connectivity index (χ4v) is 7.25. The summed E-state index contributed by atoms with van der Waals surface area (Å²) in [6.45, 7) is 1.78. The van der Waals surface area contributed by atoms with E-state index in [-0.39, 0.29) is 33.0 Å². The maximum atomic E-state index is 13.4. The molecule has 0 aromatic heterocycles. The molecule has 2 aromatic rings. The van der Waals surface area contributed by atoms with Gasteiger partial charge in [-0.3, -0.25) is 4.79 Å². The zero-order chi connectivity index (χ0) is 22.6. The van der Waals surface area contributed by atoms with Crippen LogP contribution in [0.5, 0.6) is 5.75 Å². The number of benzene rings is 2. The summed E-state index contributed by atoms with van der Waals surface area (Å²) in [5, 5.41) is 22.0. The van der Waals surface area contributed by atoms with Gasteiger partial charge in [0, 0.05) is 17.3 Å². The highest BCUT2D eigenvalue weighted by Gasteiger charge is 2.53. The Morgan fingerprint density at radius 3 is 2.42 bits per heavy atom. The van der Waals surface area contributed by atoms with Crippen molar-refractivity contribution in [2.45, 2.75) is 48.4 Å². The van der Waals surface area contributed by atoms with Gasteiger partial charge in [0.25, 0.3) is 5.91 Å². The molecule has 9 heteroatoms. The molecule has 0 radical (unpaired) electrons. The number of fused-ring (bicyclic) bond motifs is 2. The van der Waals surface area contributed by atoms with Crippen molar-refractivity contribution in [2.75, 3.05) is 5.32 Å². The number of carbonyl (C=O) groups is 1. The minimum atomic E-state index is -3.82. The third-order valence-electron chi connectivity index (χ3n) is 6.75. The summed E-state index contributed by atoms with van der Waals surface area (Å²) in [7, 11) is -3.82. The van der Waals surface area contributed by atoms with Crippen LogP contribution < -0.4 is 5.32 Å². The second kappa shape index (κ2) is 7.76. The number of amides is 1. The first-order chi connectivity index (χ1) is 14.5. The SMILES string of the molecule is C[C@@]1(O)C2CC[C@@H]1C[C@@H](S(=O)(=O)c1cc(C(=O)Nc3ccc(F)c(O)c3)ccc1Cl)C2. The molecule has 0 saturated heterocycles. The van der Waals surface area contributed by atoms with E-state index in [1.165, 1.54) is 24.3 Å². The van der Waals surface area contributed by atoms with E-state index in [0.717, 1.165) is 25.0 Å². The lowest BCUT2D eigenvalue weighted by Gasteiger charge is -2.40. The molecular formula is C22H23ClFNO5S. The van der Waals surface area contributed by atoms with E-state index < -0.39 is 38.2 Å². The van der Waals surface area contributed by atoms with Gasteiger partial charge in [0.15, 0.2) is 21.4 Å². The lowest BCUT2D eigenvalue weighted by Crippen LogP contribution is -2.45. The van der Waals surface area contributed by atoms with Crippen LogP contribution in [-0.2, 0) is 9.84 Å². The molecule has 2 saturated carbocycles. The van der Waals surface area contributed by atoms with Crippen molar-refractivity contribution in [3.63, 3.8) is 0 Å². The largest absolute Gasteiger partial charge is 0.505 e. The van der Waals surface area contributed by atoms with Crippen LogP contribution in [0.3, 0.4) is 0 Å². The number of aliphatic hydroxyl groups is 1. The van der Waals surface area contributed by atoms with Crippen molar-refractivity contribution >= 4 is 33.0 Å². The number of hydrogen-bond donors (Lipinski definition) is 3. The molecule has 0 heterocycles. The number of carbonyl (C=O) groups excluding carboxylic acids is 1. The van der Waals surface area contributed by atoms with Crippen molar-refractivity contribution in [3.8, 4) is 5.75 Å². The lowest BCUT2D eigenvalue weighted by atomic mass is 9.76. The van der Waals surface area contributed by atoms with Gasteiger partial charge in [0.05, 0.1) is 20.8 Å². The van der Waals surface area contributed by atoms with E-state index in [2.05, 4.69) is 5.32 Å². The predicted octanol–water partition coefficient (Wildman–Crippen LogP) is 4.15. The number of rotatable bonds is 4. The molecular weight excluding hydrogens is 445 g/mol. The first-order valence-electron chi connectivity index (χ1n) is 10.1. The average molecular weight is 468 g/mol.